The molecule has 14 nitrogen and oxygen atoms in total. The first-order chi connectivity index (χ1) is 31.3. The lowest BCUT2D eigenvalue weighted by atomic mass is 9.89. The van der Waals surface area contributed by atoms with E-state index in [4.69, 9.17) is 9.53 Å². The Morgan fingerprint density at radius 1 is 0.970 bits per heavy atom. The van der Waals surface area contributed by atoms with Gasteiger partial charge in [-0.05, 0) is 106 Å². The summed E-state index contributed by atoms with van der Waals surface area (Å²) in [6, 6.07) is 0.208. The summed E-state index contributed by atoms with van der Waals surface area (Å²) in [6.45, 7) is 33.8. The monoisotopic (exact) mass is 977 g/mol. The Morgan fingerprint density at radius 2 is 1.52 bits per heavy atom. The van der Waals surface area contributed by atoms with E-state index < -0.39 is 20.7 Å². The molecular formula is C50H100N6O8S2. The summed E-state index contributed by atoms with van der Waals surface area (Å²) in [6.07, 6.45) is 23.6. The molecule has 1 saturated heterocycles. The number of allylic oxidation sites excluding steroid dienone is 4. The number of carbonyl (C=O) groups excluding carboxylic acids is 4. The molecule has 0 radical (unpaired) electrons. The Hall–Kier alpha value is -3.18. The van der Waals surface area contributed by atoms with E-state index in [1.54, 1.807) is 27.2 Å². The summed E-state index contributed by atoms with van der Waals surface area (Å²) in [5.41, 5.74) is 1.84. The number of ether oxygens (including phenoxy) is 1. The third kappa shape index (κ3) is 46.0. The van der Waals surface area contributed by atoms with Crippen LogP contribution < -0.4 is 20.7 Å². The van der Waals surface area contributed by atoms with Crippen LogP contribution in [0.15, 0.2) is 46.6 Å². The molecule has 3 rings (SSSR count). The number of amides is 1. The second-order valence-electron chi connectivity index (χ2n) is 15.7. The molecule has 4 atom stereocenters. The molecule has 1 amide bonds. The largest absolute Gasteiger partial charge is 0.480 e. The first-order valence-electron chi connectivity index (χ1n) is 24.0. The van der Waals surface area contributed by atoms with Gasteiger partial charge in [0.25, 0.3) is 0 Å². The van der Waals surface area contributed by atoms with Gasteiger partial charge in [0.05, 0.1) is 48.4 Å². The average Bonchev–Trinajstić information content (AvgIpc) is 3.85. The fourth-order valence-electron chi connectivity index (χ4n) is 5.16. The molecule has 0 spiro atoms. The molecule has 1 saturated carbocycles. The van der Waals surface area contributed by atoms with Crippen molar-refractivity contribution >= 4 is 59.0 Å². The number of thiol groups is 1. The molecule has 2 fully saturated rings. The molecular weight excluding hydrogens is 877 g/mol. The zero-order valence-electron chi connectivity index (χ0n) is 44.8. The van der Waals surface area contributed by atoms with Crippen LogP contribution in [0.25, 0.3) is 0 Å². The van der Waals surface area contributed by atoms with Gasteiger partial charge in [-0.3, -0.25) is 24.1 Å². The quantitative estimate of drug-likeness (QED) is 0.0288. The van der Waals surface area contributed by atoms with Gasteiger partial charge < -0.3 is 29.7 Å². The van der Waals surface area contributed by atoms with Crippen LogP contribution in [0.4, 0.5) is 0 Å². The van der Waals surface area contributed by atoms with E-state index in [9.17, 15) is 22.8 Å². The molecule has 16 heteroatoms. The van der Waals surface area contributed by atoms with E-state index in [0.717, 1.165) is 61.8 Å². The number of aliphatic imine (C=N–C) groups is 2. The van der Waals surface area contributed by atoms with Crippen LogP contribution in [0.2, 0.25) is 0 Å². The normalized spacial score (nSPS) is 16.7. The number of nitrogens with one attached hydrogen (secondary N) is 4. The fourth-order valence-corrected chi connectivity index (χ4v) is 6.43. The standard InChI is InChI=1S/C10H22.C9H19NO.C8H12N2O.C7H14N2O.C6H11NO3S.C4H8.C3H6.C2H6.CH2O2S/c1-5-7-8-10(4)9(3)6-2;1-3-4-5-6-7-9(8-11)10-2;1-4-7-5-9-6(2)8(10-7)11-3;1-8-5-7(10)6-3-2-4-9-6;1-5(8)7-11(9,10)6(2)3-4-6;1-3-4-2;1-3-2;1-2;2-1-3-4/h9-10H,5-8H2,1-4H3;8-10H,3-7H2,1-2H3;4H,5H2,1-3H3;6,8-9H,2-5H2,1H3;3-4H2,1-2H3,(H,7,8);3-4H,1-2H3;3H,1H2,2H3;1-2H3;1,4H/b;;7-4+;;;4-3-;;;/t;9-;;;;;;;/m.0......./s1. The molecule has 0 aromatic carbocycles. The third-order valence-corrected chi connectivity index (χ3v) is 12.5. The maximum atomic E-state index is 11.2. The Morgan fingerprint density at radius 3 is 1.86 bits per heavy atom. The number of rotatable bonds is 18. The van der Waals surface area contributed by atoms with E-state index in [1.165, 1.54) is 51.9 Å². The summed E-state index contributed by atoms with van der Waals surface area (Å²) in [5, 5.41) is 8.97. The van der Waals surface area contributed by atoms with Crippen molar-refractivity contribution in [2.75, 3.05) is 40.8 Å². The van der Waals surface area contributed by atoms with Crippen LogP contribution in [-0.4, -0.2) is 102 Å². The Labute approximate surface area is 411 Å². The van der Waals surface area contributed by atoms with Crippen molar-refractivity contribution in [3.63, 3.8) is 0 Å². The lowest BCUT2D eigenvalue weighted by Gasteiger charge is -2.17. The highest BCUT2D eigenvalue weighted by Crippen LogP contribution is 2.42. The number of hydrogen-bond donors (Lipinski definition) is 5. The van der Waals surface area contributed by atoms with E-state index in [-0.39, 0.29) is 18.6 Å². The maximum absolute atomic E-state index is 11.2. The topological polar surface area (TPSA) is 194 Å². The number of likely N-dealkylation sites (N-methyl/N-ethyl adjacent to an activating group) is 2. The van der Waals surface area contributed by atoms with Crippen LogP contribution in [0, 0.1) is 11.8 Å². The molecule has 3 aliphatic rings. The van der Waals surface area contributed by atoms with Crippen LogP contribution >= 0.6 is 12.9 Å². The molecule has 0 aromatic heterocycles. The molecule has 2 heterocycles. The number of hydrogen-bond acceptors (Lipinski definition) is 14. The summed E-state index contributed by atoms with van der Waals surface area (Å²) >= 11 is 3.05. The molecule has 66 heavy (non-hydrogen) atoms. The zero-order valence-corrected chi connectivity index (χ0v) is 46.5. The summed E-state index contributed by atoms with van der Waals surface area (Å²) in [4.78, 5) is 49.2. The minimum atomic E-state index is -3.39. The van der Waals surface area contributed by atoms with E-state index in [2.05, 4.69) is 84.2 Å². The number of ketones is 1. The maximum Gasteiger partial charge on any atom is 0.304 e. The number of Topliss-reactive ketones (excluding diaryl/α,β-unsaturated/α-hetero) is 1. The molecule has 1 aliphatic carbocycles. The molecule has 0 aromatic rings. The van der Waals surface area contributed by atoms with E-state index in [0.29, 0.717) is 37.6 Å². The Balaban J connectivity index is -0.000000160. The van der Waals surface area contributed by atoms with E-state index in [1.807, 2.05) is 78.5 Å². The average molecular weight is 978 g/mol. The smallest absolute Gasteiger partial charge is 0.304 e. The van der Waals surface area contributed by atoms with Crippen molar-refractivity contribution in [2.45, 2.75) is 197 Å². The second kappa shape index (κ2) is 52.8. The lowest BCUT2D eigenvalue weighted by molar-refractivity contribution is -0.120. The van der Waals surface area contributed by atoms with Gasteiger partial charge >= 0.3 is 6.47 Å². The highest BCUT2D eigenvalue weighted by molar-refractivity contribution is 7.91. The van der Waals surface area contributed by atoms with Gasteiger partial charge in [0.15, 0.2) is 5.78 Å². The van der Waals surface area contributed by atoms with Crippen molar-refractivity contribution in [1.82, 2.24) is 20.7 Å². The van der Waals surface area contributed by atoms with Crippen molar-refractivity contribution in [2.24, 2.45) is 21.8 Å². The number of carbonyl (C=O) groups is 4. The number of sulfonamides is 1. The summed E-state index contributed by atoms with van der Waals surface area (Å²) < 4.78 is 32.2. The predicted molar refractivity (Wildman–Crippen MR) is 286 cm³/mol. The van der Waals surface area contributed by atoms with Gasteiger partial charge in [-0.2, -0.15) is 0 Å². The molecule has 4 N–H and O–H groups in total. The minimum absolute atomic E-state index is 0.0758. The highest BCUT2D eigenvalue weighted by Gasteiger charge is 2.50. The Kier molecular flexibility index (Phi) is 59.5. The van der Waals surface area contributed by atoms with E-state index >= 15 is 0 Å². The van der Waals surface area contributed by atoms with Gasteiger partial charge in [-0.25, -0.2) is 13.4 Å². The predicted octanol–water partition coefficient (Wildman–Crippen LogP) is 10.3. The van der Waals surface area contributed by atoms with Gasteiger partial charge in [-0.15, -0.1) is 6.58 Å². The zero-order chi connectivity index (χ0) is 52.4. The molecule has 2 aliphatic heterocycles. The SMILES string of the molecule is C/C=C1\CN=C(C)C(OC)=N1.C/C=C\C.C=CC.CC.CC(=O)NS(=O)(=O)C1(C)CC1.CCCCC(C)C(C)CC.CCCCCC[C@@H](C=O)NC.CNCC(=O)C1CCCN1.O=COS. The second-order valence-corrected chi connectivity index (χ2v) is 18.1. The fraction of sp³-hybridized carbons (Fsp3) is 0.760. The van der Waals surface area contributed by atoms with Gasteiger partial charge in [-0.1, -0.05) is 124 Å². The van der Waals surface area contributed by atoms with Crippen molar-refractivity contribution in [3.05, 3.63) is 36.6 Å². The van der Waals surface area contributed by atoms with Crippen molar-refractivity contribution in [3.8, 4) is 0 Å². The lowest BCUT2D eigenvalue weighted by Crippen LogP contribution is -2.36. The van der Waals surface area contributed by atoms with Crippen molar-refractivity contribution < 1.29 is 36.5 Å². The van der Waals surface area contributed by atoms with Gasteiger partial charge in [0.2, 0.25) is 21.8 Å². The number of methoxy groups -OCH3 is 1. The number of unbranched alkanes of at least 4 members (excludes halogenated alkanes) is 4. The van der Waals surface area contributed by atoms with Crippen LogP contribution in [0.3, 0.4) is 0 Å². The number of nitrogens with zero attached hydrogens (tertiary/aromatic N) is 2. The summed E-state index contributed by atoms with van der Waals surface area (Å²) in [5.74, 6) is 2.26. The first kappa shape index (κ1) is 74.4. The van der Waals surface area contributed by atoms with Crippen molar-refractivity contribution in [1.29, 1.82) is 0 Å². The highest BCUT2D eigenvalue weighted by atomic mass is 32.2. The third-order valence-electron chi connectivity index (χ3n) is 10.1. The molecule has 0 bridgehead atoms. The van der Waals surface area contributed by atoms with Gasteiger partial charge in [0.1, 0.15) is 6.29 Å². The van der Waals surface area contributed by atoms with Crippen LogP contribution in [0.1, 0.15) is 180 Å². The van der Waals surface area contributed by atoms with Crippen LogP contribution in [0.5, 0.6) is 0 Å². The van der Waals surface area contributed by atoms with Gasteiger partial charge in [0, 0.05) is 19.8 Å². The minimum Gasteiger partial charge on any atom is -0.480 e. The molecule has 390 valence electrons. The molecule has 3 unspecified atom stereocenters. The summed E-state index contributed by atoms with van der Waals surface area (Å²) in [7, 11) is 1.85. The van der Waals surface area contributed by atoms with Crippen LogP contribution in [-0.2, 0) is 38.1 Å². The first-order valence-corrected chi connectivity index (χ1v) is 25.9. The Bertz CT molecular complexity index is 1410. The number of aldehydes is 1.